The zero-order valence-electron chi connectivity index (χ0n) is 50.6. The molecule has 8 bridgehead atoms. The molecule has 1 spiro atoms. The maximum absolute atomic E-state index is 13.3. The Hall–Kier alpha value is -4.45. The van der Waals surface area contributed by atoms with Gasteiger partial charge in [-0.15, -0.1) is 12.4 Å². The quantitative estimate of drug-likeness (QED) is 0.137. The zero-order chi connectivity index (χ0) is 55.5. The number of carbonyl (C=O) groups excluding carboxylic acids is 3. The Bertz CT molecular complexity index is 2920. The lowest BCUT2D eigenvalue weighted by molar-refractivity contribution is -0.0172. The van der Waals surface area contributed by atoms with Gasteiger partial charge in [0.25, 0.3) is 17.7 Å². The van der Waals surface area contributed by atoms with E-state index < -0.39 is 0 Å². The summed E-state index contributed by atoms with van der Waals surface area (Å²) < 4.78 is 6.82. The monoisotopic (exact) mass is 1120 g/mol. The van der Waals surface area contributed by atoms with Gasteiger partial charge >= 0.3 is 0 Å². The Kier molecular flexibility index (Phi) is 15.4. The van der Waals surface area contributed by atoms with Crippen molar-refractivity contribution in [1.82, 2.24) is 44.6 Å². The van der Waals surface area contributed by atoms with Gasteiger partial charge < -0.3 is 29.7 Å². The summed E-state index contributed by atoms with van der Waals surface area (Å²) in [5.41, 5.74) is 7.50. The first-order valence-electron chi connectivity index (χ1n) is 32.6. The minimum Gasteiger partial charge on any atom is -0.350 e. The number of carbonyl (C=O) groups is 3. The van der Waals surface area contributed by atoms with Gasteiger partial charge in [0.1, 0.15) is 34.6 Å². The van der Waals surface area contributed by atoms with Crippen molar-refractivity contribution < 1.29 is 14.4 Å². The van der Waals surface area contributed by atoms with Crippen molar-refractivity contribution in [1.29, 1.82) is 0 Å². The third-order valence-electron chi connectivity index (χ3n) is 24.1. The fourth-order valence-electron chi connectivity index (χ4n) is 21.4. The van der Waals surface area contributed by atoms with Crippen LogP contribution in [-0.4, -0.2) is 64.0 Å². The summed E-state index contributed by atoms with van der Waals surface area (Å²) >= 11 is 0. The fourth-order valence-corrected chi connectivity index (χ4v) is 21.4. The molecule has 81 heavy (non-hydrogen) atoms. The third-order valence-corrected chi connectivity index (χ3v) is 24.1. The molecule has 1 aromatic carbocycles. The second kappa shape index (κ2) is 21.9. The predicted octanol–water partition coefficient (Wildman–Crippen LogP) is 14.4. The molecule has 17 rings (SSSR count). The summed E-state index contributed by atoms with van der Waals surface area (Å²) in [6.45, 7) is 18.2. The molecule has 3 N–H and O–H groups in total. The highest BCUT2D eigenvalue weighted by molar-refractivity contribution is 5.95. The van der Waals surface area contributed by atoms with Crippen molar-refractivity contribution in [3.8, 4) is 5.69 Å². The molecular formula is C68H98ClN9O3. The average Bonchev–Trinajstić information content (AvgIpc) is 1.49. The van der Waals surface area contributed by atoms with Crippen LogP contribution in [0.4, 0.5) is 0 Å². The number of aryl methyl sites for hydroxylation is 3. The van der Waals surface area contributed by atoms with Crippen molar-refractivity contribution in [2.24, 2.45) is 64.1 Å². The highest BCUT2D eigenvalue weighted by Gasteiger charge is 2.84. The van der Waals surface area contributed by atoms with Gasteiger partial charge in [-0.3, -0.25) is 14.4 Å². The zero-order valence-corrected chi connectivity index (χ0v) is 51.5. The molecule has 13 fully saturated rings. The molecule has 13 aliphatic rings. The van der Waals surface area contributed by atoms with E-state index >= 15 is 0 Å². The van der Waals surface area contributed by atoms with Crippen LogP contribution >= 0.6 is 12.4 Å². The van der Waals surface area contributed by atoms with Gasteiger partial charge in [0, 0.05) is 46.8 Å². The van der Waals surface area contributed by atoms with Gasteiger partial charge in [-0.25, -0.2) is 15.0 Å². The van der Waals surface area contributed by atoms with Gasteiger partial charge in [-0.1, -0.05) is 77.5 Å². The number of para-hydroxylation sites is 1. The predicted molar refractivity (Wildman–Crippen MR) is 322 cm³/mol. The van der Waals surface area contributed by atoms with Crippen LogP contribution in [0.1, 0.15) is 259 Å². The molecule has 0 saturated heterocycles. The molecule has 4 aromatic rings. The molecule has 440 valence electrons. The first-order chi connectivity index (χ1) is 38.5. The summed E-state index contributed by atoms with van der Waals surface area (Å²) in [6.07, 6.45) is 33.1. The lowest BCUT2D eigenvalue weighted by Gasteiger charge is -2.56. The highest BCUT2D eigenvalue weighted by Crippen LogP contribution is 2.89. The number of halogens is 1. The number of hydrogen-bond acceptors (Lipinski definition) is 6. The van der Waals surface area contributed by atoms with Crippen LogP contribution in [0.3, 0.4) is 0 Å². The molecule has 13 heteroatoms. The standard InChI is InChI=1S/C23H35N3O.C23H29N3O.C22H33N3O.ClH/c1-14-20(25-15(2)26(14)17-8-6-5-7-9-17)21(27)24-13-16-10-11-19-22(3,4)23(19)12-18(16)23;1-3-20-21(24-15(2)26(20)19-7-5-4-6-8-19)22(27)25-23-12-16-9-17(13-23)11-18(10-16)14-23;1-14-20(23-15(2)25(14)19-6-4-3-5-7-19)21(26)24-22-11-16-8-17(12-22)10-18(9-16)13-22;/h16-19H,5-13H2,1-4H3,(H,24,27);4-8,16-18H,3,9-14H2,1-2H3,(H,25,27);16-19H,3-13H2,1-2H3,(H,24,26);1H. The van der Waals surface area contributed by atoms with Crippen LogP contribution < -0.4 is 16.0 Å². The number of rotatable bonds is 11. The lowest BCUT2D eigenvalue weighted by Crippen LogP contribution is -2.60. The normalized spacial score (nSPS) is 34.3. The Morgan fingerprint density at radius 2 is 0.975 bits per heavy atom. The SMILES string of the molecule is CCc1c(C(=O)NC23CC4CC(CC(C4)C2)C3)nc(C)n1-c1ccccc1.Cc1nc(C(=O)NC23CC4CC(CC(C4)C2)C3)c(C)n1C1CCCCC1.Cc1nc(C(=O)NCC2CCC3C(C)(C)C34CC24)c(C)n1C1CCCCC1.Cl. The van der Waals surface area contributed by atoms with Crippen molar-refractivity contribution in [2.45, 2.75) is 245 Å². The summed E-state index contributed by atoms with van der Waals surface area (Å²) in [6, 6.07) is 11.3. The second-order valence-corrected chi connectivity index (χ2v) is 29.5. The maximum atomic E-state index is 13.3. The van der Waals surface area contributed by atoms with Crippen LogP contribution in [-0.2, 0) is 6.42 Å². The van der Waals surface area contributed by atoms with Crippen LogP contribution in [0.2, 0.25) is 0 Å². The first-order valence-corrected chi connectivity index (χ1v) is 32.6. The van der Waals surface area contributed by atoms with Crippen LogP contribution in [0, 0.1) is 98.7 Å². The van der Waals surface area contributed by atoms with E-state index in [1.807, 2.05) is 25.1 Å². The van der Waals surface area contributed by atoms with E-state index in [0.29, 0.717) is 45.9 Å². The summed E-state index contributed by atoms with van der Waals surface area (Å²) in [7, 11) is 0. The summed E-state index contributed by atoms with van der Waals surface area (Å²) in [5, 5.41) is 10.3. The molecule has 4 unspecified atom stereocenters. The molecule has 4 atom stereocenters. The number of nitrogens with zero attached hydrogens (tertiary/aromatic N) is 6. The number of hydrogen-bond donors (Lipinski definition) is 3. The topological polar surface area (TPSA) is 141 Å². The van der Waals surface area contributed by atoms with Crippen molar-refractivity contribution >= 4 is 30.1 Å². The Morgan fingerprint density at radius 1 is 0.543 bits per heavy atom. The largest absolute Gasteiger partial charge is 0.350 e. The van der Waals surface area contributed by atoms with E-state index in [-0.39, 0.29) is 41.2 Å². The van der Waals surface area contributed by atoms with Crippen molar-refractivity contribution in [3.05, 3.63) is 82.0 Å². The number of aromatic nitrogens is 6. The minimum absolute atomic E-state index is 0. The molecule has 12 nitrogen and oxygen atoms in total. The van der Waals surface area contributed by atoms with Gasteiger partial charge in [0.15, 0.2) is 0 Å². The van der Waals surface area contributed by atoms with Crippen molar-refractivity contribution in [3.63, 3.8) is 0 Å². The van der Waals surface area contributed by atoms with Crippen LogP contribution in [0.25, 0.3) is 5.69 Å². The van der Waals surface area contributed by atoms with Gasteiger partial charge in [0.05, 0.1) is 5.69 Å². The van der Waals surface area contributed by atoms with E-state index in [2.05, 4.69) is 95.2 Å². The molecule has 0 radical (unpaired) electrons. The lowest BCUT2D eigenvalue weighted by atomic mass is 9.53. The molecule has 13 aliphatic carbocycles. The van der Waals surface area contributed by atoms with E-state index in [1.165, 1.54) is 161 Å². The summed E-state index contributed by atoms with van der Waals surface area (Å²) in [5.74, 6) is 10.6. The van der Waals surface area contributed by atoms with Gasteiger partial charge in [0.2, 0.25) is 0 Å². The maximum Gasteiger partial charge on any atom is 0.272 e. The Balaban J connectivity index is 0.000000120. The number of benzene rings is 1. The molecule has 3 amide bonds. The number of amides is 3. The minimum atomic E-state index is 0. The smallest absolute Gasteiger partial charge is 0.272 e. The first kappa shape index (κ1) is 57.0. The van der Waals surface area contributed by atoms with Crippen molar-refractivity contribution in [2.75, 3.05) is 6.54 Å². The third kappa shape index (κ3) is 10.3. The van der Waals surface area contributed by atoms with Gasteiger partial charge in [-0.2, -0.15) is 0 Å². The van der Waals surface area contributed by atoms with E-state index in [4.69, 9.17) is 9.97 Å². The molecule has 0 aliphatic heterocycles. The van der Waals surface area contributed by atoms with Crippen LogP contribution in [0.5, 0.6) is 0 Å². The van der Waals surface area contributed by atoms with E-state index in [1.54, 1.807) is 0 Å². The van der Waals surface area contributed by atoms with Crippen LogP contribution in [0.15, 0.2) is 30.3 Å². The number of nitrogens with one attached hydrogen (secondary N) is 3. The second-order valence-electron chi connectivity index (χ2n) is 29.5. The highest BCUT2D eigenvalue weighted by atomic mass is 35.5. The molecule has 13 saturated carbocycles. The fraction of sp³-hybridized carbons (Fsp3) is 0.735. The molecule has 3 heterocycles. The van der Waals surface area contributed by atoms with Gasteiger partial charge in [-0.05, 0) is 239 Å². The Morgan fingerprint density at radius 3 is 1.43 bits per heavy atom. The van der Waals surface area contributed by atoms with E-state index in [0.717, 1.165) is 101 Å². The number of imidazole rings is 3. The molecule has 3 aromatic heterocycles. The average molecular weight is 1130 g/mol. The molecular weight excluding hydrogens is 1030 g/mol. The van der Waals surface area contributed by atoms with E-state index in [9.17, 15) is 14.4 Å². The Labute approximate surface area is 490 Å². The summed E-state index contributed by atoms with van der Waals surface area (Å²) in [4.78, 5) is 53.6.